The van der Waals surface area contributed by atoms with Crippen molar-refractivity contribution in [2.45, 2.75) is 6.92 Å². The molecule has 1 N–H and O–H groups in total. The second-order valence-corrected chi connectivity index (χ2v) is 3.76. The second-order valence-electron chi connectivity index (χ2n) is 2.14. The Balaban J connectivity index is 2.64. The van der Waals surface area contributed by atoms with E-state index in [4.69, 9.17) is 12.2 Å². The smallest absolute Gasteiger partial charge is 0.413 e. The van der Waals surface area contributed by atoms with E-state index in [1.165, 1.54) is 16.0 Å². The molecule has 1 aromatic rings. The average Bonchev–Trinajstić information content (AvgIpc) is 2.31. The van der Waals surface area contributed by atoms with Gasteiger partial charge in [-0.05, 0) is 19.1 Å². The van der Waals surface area contributed by atoms with Gasteiger partial charge < -0.3 is 4.74 Å². The highest BCUT2D eigenvalue weighted by molar-refractivity contribution is 7.73. The first-order valence-corrected chi connectivity index (χ1v) is 4.84. The zero-order valence-corrected chi connectivity index (χ0v) is 8.87. The Morgan fingerprint density at radius 3 is 3.00 bits per heavy atom. The van der Waals surface area contributed by atoms with Crippen molar-refractivity contribution in [2.75, 3.05) is 11.9 Å². The largest absolute Gasteiger partial charge is 0.450 e. The van der Waals surface area contributed by atoms with Crippen LogP contribution in [0, 0.1) is 3.95 Å². The van der Waals surface area contributed by atoms with Gasteiger partial charge in [0, 0.05) is 7.05 Å². The van der Waals surface area contributed by atoms with Crippen LogP contribution in [-0.2, 0) is 11.8 Å². The zero-order valence-electron chi connectivity index (χ0n) is 7.23. The predicted octanol–water partition coefficient (Wildman–Crippen LogP) is 1.78. The van der Waals surface area contributed by atoms with Crippen LogP contribution in [0.2, 0.25) is 0 Å². The van der Waals surface area contributed by atoms with Crippen LogP contribution in [0.25, 0.3) is 0 Å². The van der Waals surface area contributed by atoms with Gasteiger partial charge in [-0.1, -0.05) is 11.3 Å². The fourth-order valence-electron chi connectivity index (χ4n) is 0.651. The summed E-state index contributed by atoms with van der Waals surface area (Å²) in [5, 5.41) is 6.86. The molecular formula is C6H9N3O2S2. The molecule has 0 bridgehead atoms. The highest BCUT2D eigenvalue weighted by Crippen LogP contribution is 2.12. The average molecular weight is 219 g/mol. The summed E-state index contributed by atoms with van der Waals surface area (Å²) < 4.78 is 6.79. The van der Waals surface area contributed by atoms with Crippen LogP contribution in [0.4, 0.5) is 9.93 Å². The van der Waals surface area contributed by atoms with Crippen LogP contribution in [0.1, 0.15) is 6.92 Å². The predicted molar refractivity (Wildman–Crippen MR) is 52.6 cm³/mol. The van der Waals surface area contributed by atoms with Crippen molar-refractivity contribution >= 4 is 34.8 Å². The lowest BCUT2D eigenvalue weighted by molar-refractivity contribution is 0.168. The first kappa shape index (κ1) is 10.1. The summed E-state index contributed by atoms with van der Waals surface area (Å²) in [4.78, 5) is 10.9. The van der Waals surface area contributed by atoms with E-state index in [2.05, 4.69) is 15.2 Å². The van der Waals surface area contributed by atoms with E-state index in [0.29, 0.717) is 15.7 Å². The summed E-state index contributed by atoms with van der Waals surface area (Å²) in [7, 11) is 1.72. The molecule has 0 aliphatic heterocycles. The number of amides is 1. The van der Waals surface area contributed by atoms with E-state index < -0.39 is 6.09 Å². The minimum atomic E-state index is -0.508. The van der Waals surface area contributed by atoms with E-state index in [-0.39, 0.29) is 0 Å². The van der Waals surface area contributed by atoms with Gasteiger partial charge in [-0.25, -0.2) is 9.48 Å². The fraction of sp³-hybridized carbons (Fsp3) is 0.500. The normalized spacial score (nSPS) is 9.69. The number of ether oxygens (including phenoxy) is 1. The van der Waals surface area contributed by atoms with Gasteiger partial charge in [0.25, 0.3) is 0 Å². The number of hydrogen-bond acceptors (Lipinski definition) is 5. The third-order valence-corrected chi connectivity index (χ3v) is 2.50. The molecule has 0 saturated heterocycles. The molecule has 1 heterocycles. The van der Waals surface area contributed by atoms with Gasteiger partial charge >= 0.3 is 6.09 Å². The first-order chi connectivity index (χ1) is 6.13. The van der Waals surface area contributed by atoms with Crippen molar-refractivity contribution in [3.8, 4) is 0 Å². The molecule has 0 unspecified atom stereocenters. The maximum Gasteiger partial charge on any atom is 0.413 e. The van der Waals surface area contributed by atoms with Crippen LogP contribution < -0.4 is 5.32 Å². The van der Waals surface area contributed by atoms with Crippen molar-refractivity contribution < 1.29 is 9.53 Å². The van der Waals surface area contributed by atoms with Crippen LogP contribution in [0.15, 0.2) is 0 Å². The van der Waals surface area contributed by atoms with Gasteiger partial charge in [0.2, 0.25) is 5.13 Å². The van der Waals surface area contributed by atoms with E-state index in [1.807, 2.05) is 0 Å². The van der Waals surface area contributed by atoms with Crippen molar-refractivity contribution in [3.63, 3.8) is 0 Å². The van der Waals surface area contributed by atoms with Gasteiger partial charge in [0.05, 0.1) is 6.61 Å². The van der Waals surface area contributed by atoms with Gasteiger partial charge in [0.1, 0.15) is 0 Å². The number of nitrogens with zero attached hydrogens (tertiary/aromatic N) is 2. The molecule has 0 atom stereocenters. The maximum absolute atomic E-state index is 10.9. The summed E-state index contributed by atoms with van der Waals surface area (Å²) in [6.07, 6.45) is -0.508. The molecule has 72 valence electrons. The molecule has 0 aliphatic rings. The molecule has 13 heavy (non-hydrogen) atoms. The first-order valence-electron chi connectivity index (χ1n) is 3.61. The Bertz CT molecular complexity index is 357. The zero-order chi connectivity index (χ0) is 9.84. The van der Waals surface area contributed by atoms with Crippen LogP contribution in [0.5, 0.6) is 0 Å². The summed E-state index contributed by atoms with van der Waals surface area (Å²) in [5.41, 5.74) is 0. The van der Waals surface area contributed by atoms with Crippen LogP contribution in [0.3, 0.4) is 0 Å². The molecule has 0 aliphatic carbocycles. The molecule has 0 aromatic carbocycles. The molecule has 5 nitrogen and oxygen atoms in total. The molecular weight excluding hydrogens is 210 g/mol. The topological polar surface area (TPSA) is 56.1 Å². The molecule has 1 rings (SSSR count). The van der Waals surface area contributed by atoms with E-state index in [1.54, 1.807) is 14.0 Å². The van der Waals surface area contributed by atoms with Crippen LogP contribution >= 0.6 is 23.6 Å². The van der Waals surface area contributed by atoms with Gasteiger partial charge in [-0.3, -0.25) is 5.32 Å². The molecule has 0 fully saturated rings. The number of hydrogen-bond donors (Lipinski definition) is 1. The lowest BCUT2D eigenvalue weighted by Gasteiger charge is -1.99. The van der Waals surface area contributed by atoms with Crippen molar-refractivity contribution in [1.29, 1.82) is 0 Å². The molecule has 0 spiro atoms. The standard InChI is InChI=1S/C6H9N3O2S2/c1-3-11-5(10)7-4-8-9(2)6(12)13-4/h3H2,1-2H3,(H,7,8,10). The number of nitrogens with one attached hydrogen (secondary N) is 1. The Morgan fingerprint density at radius 1 is 1.85 bits per heavy atom. The molecule has 0 saturated carbocycles. The van der Waals surface area contributed by atoms with Crippen molar-refractivity contribution in [2.24, 2.45) is 7.05 Å². The summed E-state index contributed by atoms with van der Waals surface area (Å²) in [5.74, 6) is 0. The number of rotatable bonds is 2. The quantitative estimate of drug-likeness (QED) is 0.770. The number of carbonyl (C=O) groups excluding carboxylic acids is 1. The van der Waals surface area contributed by atoms with Gasteiger partial charge in [-0.15, -0.1) is 5.10 Å². The molecule has 1 aromatic heterocycles. The summed E-state index contributed by atoms with van der Waals surface area (Å²) >= 11 is 6.14. The lowest BCUT2D eigenvalue weighted by Crippen LogP contribution is -2.13. The molecule has 1 amide bonds. The summed E-state index contributed by atoms with van der Waals surface area (Å²) in [6, 6.07) is 0. The highest BCUT2D eigenvalue weighted by atomic mass is 32.1. The van der Waals surface area contributed by atoms with Crippen molar-refractivity contribution in [3.05, 3.63) is 3.95 Å². The molecule has 7 heteroatoms. The minimum Gasteiger partial charge on any atom is -0.450 e. The maximum atomic E-state index is 10.9. The Labute approximate surface area is 84.3 Å². The Hall–Kier alpha value is -0.950. The van der Waals surface area contributed by atoms with Crippen molar-refractivity contribution in [1.82, 2.24) is 9.78 Å². The van der Waals surface area contributed by atoms with E-state index in [9.17, 15) is 4.79 Å². The third kappa shape index (κ3) is 2.78. The van der Waals surface area contributed by atoms with E-state index >= 15 is 0 Å². The second kappa shape index (κ2) is 4.33. The Kier molecular flexibility index (Phi) is 3.38. The minimum absolute atomic E-state index is 0.337. The van der Waals surface area contributed by atoms with Crippen LogP contribution in [-0.4, -0.2) is 22.5 Å². The highest BCUT2D eigenvalue weighted by Gasteiger charge is 2.05. The molecule has 0 radical (unpaired) electrons. The summed E-state index contributed by atoms with van der Waals surface area (Å²) in [6.45, 7) is 2.07. The number of anilines is 1. The number of aromatic nitrogens is 2. The third-order valence-electron chi connectivity index (χ3n) is 1.17. The number of aryl methyl sites for hydroxylation is 1. The van der Waals surface area contributed by atoms with Gasteiger partial charge in [-0.2, -0.15) is 0 Å². The fourth-order valence-corrected chi connectivity index (χ4v) is 1.56. The van der Waals surface area contributed by atoms with Gasteiger partial charge in [0.15, 0.2) is 3.95 Å². The Morgan fingerprint density at radius 2 is 2.54 bits per heavy atom. The number of carbonyl (C=O) groups is 1. The SMILES string of the molecule is CCOC(=O)Nc1nn(C)c(=S)s1. The monoisotopic (exact) mass is 219 g/mol. The lowest BCUT2D eigenvalue weighted by atomic mass is 10.9. The van der Waals surface area contributed by atoms with E-state index in [0.717, 1.165) is 0 Å².